The summed E-state index contributed by atoms with van der Waals surface area (Å²) < 4.78 is 6.29. The lowest BCUT2D eigenvalue weighted by molar-refractivity contribution is -0.134. The number of piperazine rings is 1. The van der Waals surface area contributed by atoms with Gasteiger partial charge in [0.2, 0.25) is 5.91 Å². The summed E-state index contributed by atoms with van der Waals surface area (Å²) in [6, 6.07) is 15.2. The van der Waals surface area contributed by atoms with Crippen LogP contribution in [0.1, 0.15) is 35.3 Å². The second-order valence-electron chi connectivity index (χ2n) is 7.73. The van der Waals surface area contributed by atoms with Crippen molar-refractivity contribution < 1.29 is 14.3 Å². The van der Waals surface area contributed by atoms with E-state index in [1.165, 1.54) is 0 Å². The van der Waals surface area contributed by atoms with E-state index in [0.29, 0.717) is 44.8 Å². The molecule has 2 aromatic carbocycles. The molecule has 2 fully saturated rings. The lowest BCUT2D eigenvalue weighted by Gasteiger charge is -2.36. The van der Waals surface area contributed by atoms with Crippen LogP contribution < -0.4 is 15.6 Å². The Balaban J connectivity index is 1.30. The molecule has 8 heteroatoms. The molecule has 2 aromatic rings. The van der Waals surface area contributed by atoms with Crippen LogP contribution in [0.25, 0.3) is 0 Å². The van der Waals surface area contributed by atoms with Crippen molar-refractivity contribution in [2.75, 3.05) is 32.8 Å². The fraction of sp³-hybridized carbons (Fsp3) is 0.391. The molecule has 2 unspecified atom stereocenters. The standard InChI is InChI=1S/C23H27BrN4O3/c1-2-31-17-9-7-16(8-10-17)20-15-21(26-25-20)23(30)28-13-11-27(12-14-28)22(29)18-5-3-4-6-19(18)24/h3-10,20-21,25-26H,2,11-15H2,1H3. The second kappa shape index (κ2) is 9.80. The number of benzene rings is 2. The first-order valence-electron chi connectivity index (χ1n) is 10.6. The average molecular weight is 487 g/mol. The zero-order valence-electron chi connectivity index (χ0n) is 17.5. The number of amides is 2. The number of hydrazine groups is 1. The fourth-order valence-corrected chi connectivity index (χ4v) is 4.51. The van der Waals surface area contributed by atoms with E-state index in [1.54, 1.807) is 0 Å². The lowest BCUT2D eigenvalue weighted by Crippen LogP contribution is -2.54. The third-order valence-corrected chi connectivity index (χ3v) is 6.47. The van der Waals surface area contributed by atoms with E-state index in [9.17, 15) is 9.59 Å². The number of hydrogen-bond acceptors (Lipinski definition) is 5. The molecule has 0 bridgehead atoms. The highest BCUT2D eigenvalue weighted by Crippen LogP contribution is 2.25. The van der Waals surface area contributed by atoms with Crippen molar-refractivity contribution in [3.05, 3.63) is 64.1 Å². The van der Waals surface area contributed by atoms with Crippen LogP contribution in [0.15, 0.2) is 53.0 Å². The van der Waals surface area contributed by atoms with E-state index >= 15 is 0 Å². The van der Waals surface area contributed by atoms with Crippen molar-refractivity contribution in [3.63, 3.8) is 0 Å². The number of ether oxygens (including phenoxy) is 1. The molecule has 164 valence electrons. The highest BCUT2D eigenvalue weighted by molar-refractivity contribution is 9.10. The monoisotopic (exact) mass is 486 g/mol. The second-order valence-corrected chi connectivity index (χ2v) is 8.58. The van der Waals surface area contributed by atoms with Gasteiger partial charge in [-0.2, -0.15) is 0 Å². The van der Waals surface area contributed by atoms with Gasteiger partial charge in [0.05, 0.1) is 12.2 Å². The van der Waals surface area contributed by atoms with Gasteiger partial charge < -0.3 is 14.5 Å². The lowest BCUT2D eigenvalue weighted by atomic mass is 10.0. The molecule has 2 saturated heterocycles. The maximum atomic E-state index is 13.0. The number of halogens is 1. The zero-order valence-corrected chi connectivity index (χ0v) is 19.1. The van der Waals surface area contributed by atoms with Gasteiger partial charge in [-0.1, -0.05) is 24.3 Å². The molecule has 0 aromatic heterocycles. The molecule has 7 nitrogen and oxygen atoms in total. The molecular formula is C23H27BrN4O3. The van der Waals surface area contributed by atoms with Crippen LogP contribution in [0.3, 0.4) is 0 Å². The normalized spacial score (nSPS) is 21.2. The van der Waals surface area contributed by atoms with Gasteiger partial charge in [0.15, 0.2) is 0 Å². The molecule has 4 rings (SSSR count). The van der Waals surface area contributed by atoms with Crippen molar-refractivity contribution in [1.82, 2.24) is 20.7 Å². The van der Waals surface area contributed by atoms with Crippen LogP contribution in [-0.2, 0) is 4.79 Å². The predicted octanol–water partition coefficient (Wildman–Crippen LogP) is 2.74. The van der Waals surface area contributed by atoms with Crippen LogP contribution in [0, 0.1) is 0 Å². The summed E-state index contributed by atoms with van der Waals surface area (Å²) in [5.74, 6) is 0.921. The third-order valence-electron chi connectivity index (χ3n) is 5.78. The van der Waals surface area contributed by atoms with Gasteiger partial charge in [-0.25, -0.2) is 10.9 Å². The summed E-state index contributed by atoms with van der Waals surface area (Å²) in [4.78, 5) is 29.5. The Morgan fingerprint density at radius 1 is 1.00 bits per heavy atom. The van der Waals surface area contributed by atoms with E-state index in [1.807, 2.05) is 65.3 Å². The van der Waals surface area contributed by atoms with Crippen LogP contribution in [0.2, 0.25) is 0 Å². The van der Waals surface area contributed by atoms with E-state index in [2.05, 4.69) is 26.8 Å². The molecule has 31 heavy (non-hydrogen) atoms. The molecule has 0 aliphatic carbocycles. The quantitative estimate of drug-likeness (QED) is 0.679. The Bertz CT molecular complexity index is 929. The van der Waals surface area contributed by atoms with Crippen molar-refractivity contribution in [3.8, 4) is 5.75 Å². The van der Waals surface area contributed by atoms with Crippen molar-refractivity contribution in [2.24, 2.45) is 0 Å². The van der Waals surface area contributed by atoms with Gasteiger partial charge in [-0.3, -0.25) is 9.59 Å². The summed E-state index contributed by atoms with van der Waals surface area (Å²) >= 11 is 3.45. The molecule has 0 saturated carbocycles. The highest BCUT2D eigenvalue weighted by atomic mass is 79.9. The SMILES string of the molecule is CCOc1ccc(C2CC(C(=O)N3CCN(C(=O)c4ccccc4Br)CC3)NN2)cc1. The predicted molar refractivity (Wildman–Crippen MR) is 122 cm³/mol. The number of carbonyl (C=O) groups excluding carboxylic acids is 2. The minimum Gasteiger partial charge on any atom is -0.494 e. The van der Waals surface area contributed by atoms with Gasteiger partial charge in [-0.15, -0.1) is 0 Å². The summed E-state index contributed by atoms with van der Waals surface area (Å²) in [5.41, 5.74) is 8.17. The largest absolute Gasteiger partial charge is 0.494 e. The Morgan fingerprint density at radius 2 is 1.68 bits per heavy atom. The van der Waals surface area contributed by atoms with Gasteiger partial charge in [0.1, 0.15) is 11.8 Å². The van der Waals surface area contributed by atoms with Crippen LogP contribution >= 0.6 is 15.9 Å². The van der Waals surface area contributed by atoms with Crippen molar-refractivity contribution in [1.29, 1.82) is 0 Å². The van der Waals surface area contributed by atoms with E-state index in [0.717, 1.165) is 15.8 Å². The molecule has 0 radical (unpaired) electrons. The molecular weight excluding hydrogens is 460 g/mol. The minimum atomic E-state index is -0.276. The first-order chi connectivity index (χ1) is 15.1. The molecule has 2 atom stereocenters. The summed E-state index contributed by atoms with van der Waals surface area (Å²) in [5, 5.41) is 0. The maximum absolute atomic E-state index is 13.0. The smallest absolute Gasteiger partial charge is 0.255 e. The molecule has 2 aliphatic heterocycles. The Labute approximate surface area is 190 Å². The van der Waals surface area contributed by atoms with Crippen molar-refractivity contribution in [2.45, 2.75) is 25.4 Å². The number of rotatable bonds is 5. The average Bonchev–Trinajstić information content (AvgIpc) is 3.30. The third kappa shape index (κ3) is 4.92. The summed E-state index contributed by atoms with van der Waals surface area (Å²) in [7, 11) is 0. The molecule has 2 heterocycles. The van der Waals surface area contributed by atoms with Crippen LogP contribution in [0.5, 0.6) is 5.75 Å². The summed E-state index contributed by atoms with van der Waals surface area (Å²) in [6.07, 6.45) is 0.683. The van der Waals surface area contributed by atoms with Crippen LogP contribution in [0.4, 0.5) is 0 Å². The topological polar surface area (TPSA) is 73.9 Å². The first kappa shape index (κ1) is 21.8. The van der Waals surface area contributed by atoms with E-state index < -0.39 is 0 Å². The fourth-order valence-electron chi connectivity index (χ4n) is 4.06. The summed E-state index contributed by atoms with van der Waals surface area (Å²) in [6.45, 7) is 4.76. The maximum Gasteiger partial charge on any atom is 0.255 e. The van der Waals surface area contributed by atoms with Crippen molar-refractivity contribution >= 4 is 27.7 Å². The number of carbonyl (C=O) groups is 2. The Morgan fingerprint density at radius 3 is 2.35 bits per heavy atom. The number of nitrogens with zero attached hydrogens (tertiary/aromatic N) is 2. The first-order valence-corrected chi connectivity index (χ1v) is 11.4. The number of nitrogens with one attached hydrogen (secondary N) is 2. The Kier molecular flexibility index (Phi) is 6.89. The van der Waals surface area contributed by atoms with Gasteiger partial charge in [0.25, 0.3) is 5.91 Å². The molecule has 2 N–H and O–H groups in total. The van der Waals surface area contributed by atoms with Gasteiger partial charge in [0, 0.05) is 36.7 Å². The Hall–Kier alpha value is -2.42. The number of hydrogen-bond donors (Lipinski definition) is 2. The minimum absolute atomic E-state index is 0.00389. The van der Waals surface area contributed by atoms with Gasteiger partial charge in [-0.05, 0) is 59.1 Å². The van der Waals surface area contributed by atoms with E-state index in [-0.39, 0.29) is 23.9 Å². The van der Waals surface area contributed by atoms with Gasteiger partial charge >= 0.3 is 0 Å². The zero-order chi connectivity index (χ0) is 21.8. The highest BCUT2D eigenvalue weighted by Gasteiger charge is 2.34. The van der Waals surface area contributed by atoms with Crippen LogP contribution in [-0.4, -0.2) is 60.4 Å². The molecule has 2 aliphatic rings. The molecule has 0 spiro atoms. The molecule has 2 amide bonds. The van der Waals surface area contributed by atoms with E-state index in [4.69, 9.17) is 4.74 Å².